The molecule has 118 valence electrons. The van der Waals surface area contributed by atoms with Crippen LogP contribution >= 0.6 is 0 Å². The summed E-state index contributed by atoms with van der Waals surface area (Å²) in [7, 11) is 0. The molecule has 1 atom stereocenters. The van der Waals surface area contributed by atoms with Crippen molar-refractivity contribution < 1.29 is 24.2 Å². The van der Waals surface area contributed by atoms with E-state index in [0.29, 0.717) is 19.3 Å². The first kappa shape index (κ1) is 18.9. The van der Waals surface area contributed by atoms with Crippen LogP contribution in [0.2, 0.25) is 0 Å². The zero-order valence-electron chi connectivity index (χ0n) is 12.7. The van der Waals surface area contributed by atoms with Crippen LogP contribution in [0.25, 0.3) is 0 Å². The van der Waals surface area contributed by atoms with Gasteiger partial charge in [0.15, 0.2) is 0 Å². The first-order valence-corrected chi connectivity index (χ1v) is 7.59. The summed E-state index contributed by atoms with van der Waals surface area (Å²) in [5, 5.41) is 9.50. The van der Waals surface area contributed by atoms with Gasteiger partial charge in [-0.05, 0) is 12.8 Å². The van der Waals surface area contributed by atoms with Crippen LogP contribution in [0.4, 0.5) is 0 Å². The molecule has 0 spiro atoms. The number of carbonyl (C=O) groups excluding carboxylic acids is 2. The van der Waals surface area contributed by atoms with Crippen molar-refractivity contribution in [1.29, 1.82) is 0 Å². The van der Waals surface area contributed by atoms with Gasteiger partial charge in [0.2, 0.25) is 0 Å². The molecule has 0 saturated carbocycles. The minimum absolute atomic E-state index is 0.118. The Morgan fingerprint density at radius 2 is 1.40 bits per heavy atom. The molecule has 0 saturated heterocycles. The van der Waals surface area contributed by atoms with Crippen LogP contribution in [-0.2, 0) is 19.1 Å². The Bertz CT molecular complexity index is 265. The second-order valence-corrected chi connectivity index (χ2v) is 4.93. The van der Waals surface area contributed by atoms with Crippen molar-refractivity contribution >= 4 is 11.9 Å². The number of aliphatic hydroxyl groups is 1. The largest absolute Gasteiger partial charge is 0.463 e. The predicted octanol–water partition coefficient (Wildman–Crippen LogP) is 2.59. The highest BCUT2D eigenvalue weighted by Crippen LogP contribution is 2.06. The molecule has 0 bridgehead atoms. The smallest absolute Gasteiger partial charge is 0.305 e. The van der Waals surface area contributed by atoms with E-state index in [9.17, 15) is 14.7 Å². The minimum Gasteiger partial charge on any atom is -0.463 e. The van der Waals surface area contributed by atoms with Crippen molar-refractivity contribution in [1.82, 2.24) is 0 Å². The maximum atomic E-state index is 11.4. The molecule has 20 heavy (non-hydrogen) atoms. The van der Waals surface area contributed by atoms with E-state index in [1.165, 1.54) is 12.8 Å². The van der Waals surface area contributed by atoms with E-state index in [2.05, 4.69) is 6.92 Å². The standard InChI is InChI=1S/C15H28O5/c1-3-5-6-7-8-10-15(18)20-12-13(16)11-19-14(17)9-4-2/h13,16H,3-12H2,1-2H3. The molecule has 0 heterocycles. The monoisotopic (exact) mass is 288 g/mol. The normalized spacial score (nSPS) is 11.9. The number of unbranched alkanes of at least 4 members (excludes halogenated alkanes) is 4. The van der Waals surface area contributed by atoms with Crippen LogP contribution in [0.3, 0.4) is 0 Å². The van der Waals surface area contributed by atoms with E-state index in [-0.39, 0.29) is 25.2 Å². The highest BCUT2D eigenvalue weighted by molar-refractivity contribution is 5.69. The molecule has 1 N–H and O–H groups in total. The zero-order chi connectivity index (χ0) is 15.2. The minimum atomic E-state index is -0.945. The number of ether oxygens (including phenoxy) is 2. The maximum Gasteiger partial charge on any atom is 0.305 e. The van der Waals surface area contributed by atoms with Gasteiger partial charge in [0.05, 0.1) is 0 Å². The molecule has 0 aliphatic heterocycles. The average Bonchev–Trinajstić information content (AvgIpc) is 2.43. The number of carbonyl (C=O) groups is 2. The van der Waals surface area contributed by atoms with Gasteiger partial charge in [0, 0.05) is 12.8 Å². The van der Waals surface area contributed by atoms with Crippen molar-refractivity contribution in [2.75, 3.05) is 13.2 Å². The van der Waals surface area contributed by atoms with Gasteiger partial charge in [-0.3, -0.25) is 9.59 Å². The fourth-order valence-electron chi connectivity index (χ4n) is 1.65. The van der Waals surface area contributed by atoms with Gasteiger partial charge in [-0.15, -0.1) is 0 Å². The summed E-state index contributed by atoms with van der Waals surface area (Å²) < 4.78 is 9.74. The first-order valence-electron chi connectivity index (χ1n) is 7.59. The topological polar surface area (TPSA) is 72.8 Å². The number of rotatable bonds is 12. The summed E-state index contributed by atoms with van der Waals surface area (Å²) in [5.74, 6) is -0.644. The second kappa shape index (κ2) is 12.9. The SMILES string of the molecule is CCCCCCCC(=O)OCC(O)COC(=O)CCC. The van der Waals surface area contributed by atoms with Crippen LogP contribution in [-0.4, -0.2) is 36.4 Å². The molecule has 0 aromatic carbocycles. The van der Waals surface area contributed by atoms with Gasteiger partial charge in [0.25, 0.3) is 0 Å². The van der Waals surface area contributed by atoms with E-state index < -0.39 is 6.10 Å². The lowest BCUT2D eigenvalue weighted by atomic mass is 10.1. The van der Waals surface area contributed by atoms with Crippen LogP contribution < -0.4 is 0 Å². The molecule has 0 aliphatic rings. The average molecular weight is 288 g/mol. The lowest BCUT2D eigenvalue weighted by Crippen LogP contribution is -2.25. The van der Waals surface area contributed by atoms with Gasteiger partial charge in [-0.1, -0.05) is 39.5 Å². The van der Waals surface area contributed by atoms with Crippen molar-refractivity contribution in [3.05, 3.63) is 0 Å². The second-order valence-electron chi connectivity index (χ2n) is 4.93. The van der Waals surface area contributed by atoms with Gasteiger partial charge in [-0.25, -0.2) is 0 Å². The third-order valence-corrected chi connectivity index (χ3v) is 2.81. The molecular formula is C15H28O5. The molecule has 0 aromatic rings. The maximum absolute atomic E-state index is 11.4. The molecule has 0 amide bonds. The van der Waals surface area contributed by atoms with Crippen LogP contribution in [0, 0.1) is 0 Å². The molecule has 5 heteroatoms. The van der Waals surface area contributed by atoms with E-state index >= 15 is 0 Å². The van der Waals surface area contributed by atoms with Gasteiger partial charge < -0.3 is 14.6 Å². The lowest BCUT2D eigenvalue weighted by Gasteiger charge is -2.11. The Morgan fingerprint density at radius 3 is 1.95 bits per heavy atom. The predicted molar refractivity (Wildman–Crippen MR) is 76.2 cm³/mol. The Balaban J connectivity index is 3.50. The van der Waals surface area contributed by atoms with Crippen molar-refractivity contribution in [2.24, 2.45) is 0 Å². The Labute approximate surface area is 121 Å². The Kier molecular flexibility index (Phi) is 12.2. The zero-order valence-corrected chi connectivity index (χ0v) is 12.7. The fraction of sp³-hybridized carbons (Fsp3) is 0.867. The van der Waals surface area contributed by atoms with E-state index in [1.807, 2.05) is 6.92 Å². The van der Waals surface area contributed by atoms with E-state index in [0.717, 1.165) is 19.3 Å². The molecule has 0 aromatic heterocycles. The summed E-state index contributed by atoms with van der Waals surface area (Å²) in [6, 6.07) is 0. The molecule has 0 fully saturated rings. The fourth-order valence-corrected chi connectivity index (χ4v) is 1.65. The van der Waals surface area contributed by atoms with Gasteiger partial charge in [-0.2, -0.15) is 0 Å². The summed E-state index contributed by atoms with van der Waals surface area (Å²) in [6.45, 7) is 3.78. The highest BCUT2D eigenvalue weighted by atomic mass is 16.6. The van der Waals surface area contributed by atoms with Gasteiger partial charge in [0.1, 0.15) is 19.3 Å². The van der Waals surface area contributed by atoms with Crippen LogP contribution in [0.5, 0.6) is 0 Å². The van der Waals surface area contributed by atoms with Crippen molar-refractivity contribution in [2.45, 2.75) is 71.3 Å². The Morgan fingerprint density at radius 1 is 0.850 bits per heavy atom. The summed E-state index contributed by atoms with van der Waals surface area (Å²) in [5.41, 5.74) is 0. The van der Waals surface area contributed by atoms with Crippen LogP contribution in [0.15, 0.2) is 0 Å². The number of hydrogen-bond acceptors (Lipinski definition) is 5. The molecule has 0 rings (SSSR count). The third-order valence-electron chi connectivity index (χ3n) is 2.81. The Hall–Kier alpha value is -1.10. The van der Waals surface area contributed by atoms with Crippen molar-refractivity contribution in [3.63, 3.8) is 0 Å². The van der Waals surface area contributed by atoms with E-state index in [1.54, 1.807) is 0 Å². The molecular weight excluding hydrogens is 260 g/mol. The van der Waals surface area contributed by atoms with Crippen molar-refractivity contribution in [3.8, 4) is 0 Å². The molecule has 1 unspecified atom stereocenters. The molecule has 0 aliphatic carbocycles. The number of hydrogen-bond donors (Lipinski definition) is 1. The van der Waals surface area contributed by atoms with Crippen LogP contribution in [0.1, 0.15) is 65.2 Å². The number of esters is 2. The van der Waals surface area contributed by atoms with E-state index in [4.69, 9.17) is 9.47 Å². The summed E-state index contributed by atoms with van der Waals surface area (Å²) in [4.78, 5) is 22.5. The quantitative estimate of drug-likeness (QED) is 0.441. The molecule has 0 radical (unpaired) electrons. The van der Waals surface area contributed by atoms with Gasteiger partial charge >= 0.3 is 11.9 Å². The summed E-state index contributed by atoms with van der Waals surface area (Å²) in [6.07, 6.45) is 5.84. The third kappa shape index (κ3) is 12.0. The lowest BCUT2D eigenvalue weighted by molar-refractivity contribution is -0.152. The molecule has 5 nitrogen and oxygen atoms in total. The summed E-state index contributed by atoms with van der Waals surface area (Å²) >= 11 is 0. The number of aliphatic hydroxyl groups excluding tert-OH is 1. The highest BCUT2D eigenvalue weighted by Gasteiger charge is 2.11. The first-order chi connectivity index (χ1) is 9.60.